The third-order valence-electron chi connectivity index (χ3n) is 3.86. The second-order valence-electron chi connectivity index (χ2n) is 5.82. The van der Waals surface area contributed by atoms with Crippen LogP contribution in [0.4, 0.5) is 11.4 Å². The zero-order valence-corrected chi connectivity index (χ0v) is 15.6. The number of nitro benzene ring substituents is 1. The molecule has 0 radical (unpaired) electrons. The van der Waals surface area contributed by atoms with E-state index in [1.165, 1.54) is 24.4 Å². The van der Waals surface area contributed by atoms with E-state index in [0.717, 1.165) is 6.07 Å². The molecule has 0 aliphatic rings. The van der Waals surface area contributed by atoms with Gasteiger partial charge in [0.05, 0.1) is 15.6 Å². The molecule has 9 heteroatoms. The van der Waals surface area contributed by atoms with Gasteiger partial charge < -0.3 is 10.1 Å². The van der Waals surface area contributed by atoms with E-state index in [4.69, 9.17) is 16.3 Å². The Morgan fingerprint density at radius 2 is 1.79 bits per heavy atom. The number of benzene rings is 2. The van der Waals surface area contributed by atoms with Gasteiger partial charge in [-0.3, -0.25) is 14.9 Å². The average Bonchev–Trinajstić information content (AvgIpc) is 2.74. The van der Waals surface area contributed by atoms with E-state index in [9.17, 15) is 19.7 Å². The molecule has 0 bridgehead atoms. The zero-order valence-electron chi connectivity index (χ0n) is 14.8. The summed E-state index contributed by atoms with van der Waals surface area (Å²) in [6, 6.07) is 16.8. The summed E-state index contributed by atoms with van der Waals surface area (Å²) in [5, 5.41) is 13.4. The number of halogens is 1. The lowest BCUT2D eigenvalue weighted by atomic mass is 10.1. The average molecular weight is 412 g/mol. The third kappa shape index (κ3) is 4.94. The molecule has 0 fully saturated rings. The van der Waals surface area contributed by atoms with Gasteiger partial charge in [0.1, 0.15) is 5.69 Å². The minimum absolute atomic E-state index is 0.0181. The molecule has 1 aromatic heterocycles. The number of esters is 1. The minimum atomic E-state index is -1.28. The first-order chi connectivity index (χ1) is 14.0. The molecule has 0 unspecified atom stereocenters. The van der Waals surface area contributed by atoms with Gasteiger partial charge in [-0.05, 0) is 18.2 Å². The molecule has 146 valence electrons. The number of pyridine rings is 1. The number of nitrogens with zero attached hydrogens (tertiary/aromatic N) is 2. The van der Waals surface area contributed by atoms with Crippen molar-refractivity contribution in [3.05, 3.63) is 99.3 Å². The van der Waals surface area contributed by atoms with Crippen LogP contribution in [0.15, 0.2) is 72.9 Å². The number of rotatable bonds is 6. The number of ether oxygens (including phenoxy) is 1. The summed E-state index contributed by atoms with van der Waals surface area (Å²) in [5.74, 6) is -1.44. The van der Waals surface area contributed by atoms with Crippen LogP contribution < -0.4 is 5.32 Å². The predicted octanol–water partition coefficient (Wildman–Crippen LogP) is 4.18. The van der Waals surface area contributed by atoms with Crippen LogP contribution >= 0.6 is 11.6 Å². The first-order valence-electron chi connectivity index (χ1n) is 8.37. The van der Waals surface area contributed by atoms with Gasteiger partial charge in [-0.1, -0.05) is 48.0 Å². The second-order valence-corrected chi connectivity index (χ2v) is 6.23. The normalized spacial score (nSPS) is 11.3. The Hall–Kier alpha value is -3.78. The molecule has 0 saturated carbocycles. The maximum absolute atomic E-state index is 12.8. The molecule has 0 aliphatic carbocycles. The van der Waals surface area contributed by atoms with E-state index >= 15 is 0 Å². The largest absolute Gasteiger partial charge is 0.443 e. The molecule has 1 amide bonds. The van der Waals surface area contributed by atoms with Gasteiger partial charge in [0.15, 0.2) is 0 Å². The summed E-state index contributed by atoms with van der Waals surface area (Å²) >= 11 is 6.03. The molecule has 8 nitrogen and oxygen atoms in total. The number of nitro groups is 1. The Morgan fingerprint density at radius 1 is 1.07 bits per heavy atom. The van der Waals surface area contributed by atoms with E-state index in [0.29, 0.717) is 5.56 Å². The molecule has 1 N–H and O–H groups in total. The van der Waals surface area contributed by atoms with Gasteiger partial charge in [0, 0.05) is 23.9 Å². The number of hydrogen-bond acceptors (Lipinski definition) is 6. The van der Waals surface area contributed by atoms with E-state index in [-0.39, 0.29) is 22.1 Å². The highest BCUT2D eigenvalue weighted by Crippen LogP contribution is 2.28. The third-order valence-corrected chi connectivity index (χ3v) is 4.17. The predicted molar refractivity (Wildman–Crippen MR) is 106 cm³/mol. The molecule has 0 spiro atoms. The van der Waals surface area contributed by atoms with E-state index in [2.05, 4.69) is 10.3 Å². The Kier molecular flexibility index (Phi) is 6.16. The van der Waals surface area contributed by atoms with Gasteiger partial charge in [0.2, 0.25) is 6.10 Å². The lowest BCUT2D eigenvalue weighted by Gasteiger charge is -2.18. The monoisotopic (exact) mass is 411 g/mol. The Labute approximate surface area is 170 Å². The molecule has 29 heavy (non-hydrogen) atoms. The van der Waals surface area contributed by atoms with Crippen molar-refractivity contribution >= 4 is 34.9 Å². The minimum Gasteiger partial charge on any atom is -0.443 e. The highest BCUT2D eigenvalue weighted by Gasteiger charge is 2.27. The molecular weight excluding hydrogens is 398 g/mol. The molecule has 2 aromatic carbocycles. The SMILES string of the molecule is O=C(O[C@H](C(=O)Nc1ccc([N+](=O)[O-])cc1Cl)c1ccccc1)c1ccccn1. The fourth-order valence-corrected chi connectivity index (χ4v) is 2.69. The van der Waals surface area contributed by atoms with E-state index in [1.54, 1.807) is 42.5 Å². The maximum atomic E-state index is 12.8. The van der Waals surface area contributed by atoms with Crippen LogP contribution in [-0.4, -0.2) is 21.8 Å². The number of carbonyl (C=O) groups excluding carboxylic acids is 2. The van der Waals surface area contributed by atoms with Crippen LogP contribution in [0.5, 0.6) is 0 Å². The smallest absolute Gasteiger partial charge is 0.358 e. The van der Waals surface area contributed by atoms with Crippen LogP contribution in [0.1, 0.15) is 22.2 Å². The van der Waals surface area contributed by atoms with Crippen LogP contribution in [0, 0.1) is 10.1 Å². The fraction of sp³-hybridized carbons (Fsp3) is 0.0500. The lowest BCUT2D eigenvalue weighted by molar-refractivity contribution is -0.384. The van der Waals surface area contributed by atoms with Crippen LogP contribution in [0.2, 0.25) is 5.02 Å². The first kappa shape index (κ1) is 20.0. The number of non-ortho nitro benzene ring substituents is 1. The van der Waals surface area contributed by atoms with E-state index < -0.39 is 22.9 Å². The van der Waals surface area contributed by atoms with Gasteiger partial charge in [-0.2, -0.15) is 0 Å². The molecule has 0 aliphatic heterocycles. The molecule has 1 heterocycles. The highest BCUT2D eigenvalue weighted by molar-refractivity contribution is 6.34. The van der Waals surface area contributed by atoms with Crippen molar-refractivity contribution in [3.8, 4) is 0 Å². The van der Waals surface area contributed by atoms with Crippen molar-refractivity contribution in [2.75, 3.05) is 5.32 Å². The summed E-state index contributed by atoms with van der Waals surface area (Å²) in [4.78, 5) is 39.4. The van der Waals surface area contributed by atoms with Crippen molar-refractivity contribution in [1.82, 2.24) is 4.98 Å². The number of aromatic nitrogens is 1. The lowest BCUT2D eigenvalue weighted by Crippen LogP contribution is -2.26. The van der Waals surface area contributed by atoms with Crippen molar-refractivity contribution in [2.24, 2.45) is 0 Å². The van der Waals surface area contributed by atoms with Gasteiger partial charge in [0.25, 0.3) is 11.6 Å². The van der Waals surface area contributed by atoms with Crippen LogP contribution in [-0.2, 0) is 9.53 Å². The van der Waals surface area contributed by atoms with Crippen molar-refractivity contribution in [2.45, 2.75) is 6.10 Å². The summed E-state index contributed by atoms with van der Waals surface area (Å²) in [7, 11) is 0. The summed E-state index contributed by atoms with van der Waals surface area (Å²) in [6.07, 6.45) is 0.155. The van der Waals surface area contributed by atoms with Gasteiger partial charge in [-0.25, -0.2) is 9.78 Å². The number of nitrogens with one attached hydrogen (secondary N) is 1. The number of anilines is 1. The van der Waals surface area contributed by atoms with Crippen LogP contribution in [0.3, 0.4) is 0 Å². The van der Waals surface area contributed by atoms with Crippen molar-refractivity contribution < 1.29 is 19.2 Å². The molecule has 0 saturated heterocycles. The summed E-state index contributed by atoms with van der Waals surface area (Å²) in [6.45, 7) is 0. The molecule has 3 rings (SSSR count). The number of amides is 1. The number of hydrogen-bond donors (Lipinski definition) is 1. The van der Waals surface area contributed by atoms with Crippen molar-refractivity contribution in [3.63, 3.8) is 0 Å². The van der Waals surface area contributed by atoms with Gasteiger partial charge in [-0.15, -0.1) is 0 Å². The molecule has 3 aromatic rings. The Bertz CT molecular complexity index is 1040. The van der Waals surface area contributed by atoms with Gasteiger partial charge >= 0.3 is 5.97 Å². The Morgan fingerprint density at radius 3 is 2.41 bits per heavy atom. The first-order valence-corrected chi connectivity index (χ1v) is 8.75. The Balaban J connectivity index is 1.85. The quantitative estimate of drug-likeness (QED) is 0.370. The summed E-state index contributed by atoms with van der Waals surface area (Å²) < 4.78 is 5.39. The van der Waals surface area contributed by atoms with Crippen LogP contribution in [0.25, 0.3) is 0 Å². The molecular formula is C20H14ClN3O5. The number of carbonyl (C=O) groups is 2. The zero-order chi connectivity index (χ0) is 20.8. The maximum Gasteiger partial charge on any atom is 0.358 e. The fourth-order valence-electron chi connectivity index (χ4n) is 2.47. The standard InChI is InChI=1S/C20H14ClN3O5/c21-15-12-14(24(27)28)9-10-16(15)23-19(25)18(13-6-2-1-3-7-13)29-20(26)17-8-4-5-11-22-17/h1-12,18H,(H,23,25)/t18-/m0/s1. The topological polar surface area (TPSA) is 111 Å². The van der Waals surface area contributed by atoms with Crippen molar-refractivity contribution in [1.29, 1.82) is 0 Å². The summed E-state index contributed by atoms with van der Waals surface area (Å²) in [5.41, 5.74) is 0.424. The molecule has 1 atom stereocenters. The highest BCUT2D eigenvalue weighted by atomic mass is 35.5. The van der Waals surface area contributed by atoms with E-state index in [1.807, 2.05) is 0 Å². The second kappa shape index (κ2) is 8.94.